The van der Waals surface area contributed by atoms with Gasteiger partial charge in [0.2, 0.25) is 0 Å². The zero-order chi connectivity index (χ0) is 15.4. The third-order valence-electron chi connectivity index (χ3n) is 4.57. The maximum atomic E-state index is 6.46. The van der Waals surface area contributed by atoms with Crippen LogP contribution in [0, 0.1) is 0 Å². The summed E-state index contributed by atoms with van der Waals surface area (Å²) in [5.74, 6) is 0.897. The first kappa shape index (κ1) is 16.3. The molecule has 118 valence electrons. The zero-order valence-corrected chi connectivity index (χ0v) is 13.7. The van der Waals surface area contributed by atoms with E-state index in [4.69, 9.17) is 10.5 Å². The van der Waals surface area contributed by atoms with Crippen molar-refractivity contribution in [1.82, 2.24) is 9.80 Å². The van der Waals surface area contributed by atoms with Gasteiger partial charge in [-0.05, 0) is 38.1 Å². The maximum absolute atomic E-state index is 6.46. The van der Waals surface area contributed by atoms with Crippen LogP contribution >= 0.6 is 0 Å². The molecule has 1 saturated heterocycles. The highest BCUT2D eigenvalue weighted by atomic mass is 16.5. The van der Waals surface area contributed by atoms with Crippen LogP contribution in [0.25, 0.3) is 0 Å². The van der Waals surface area contributed by atoms with Crippen LogP contribution in [-0.2, 0) is 0 Å². The summed E-state index contributed by atoms with van der Waals surface area (Å²) >= 11 is 0. The molecule has 2 rings (SSSR count). The average molecular weight is 291 g/mol. The van der Waals surface area contributed by atoms with Gasteiger partial charge in [0.05, 0.1) is 13.2 Å². The second-order valence-electron chi connectivity index (χ2n) is 6.14. The van der Waals surface area contributed by atoms with Gasteiger partial charge in [0.1, 0.15) is 5.75 Å². The smallest absolute Gasteiger partial charge is 0.118 e. The number of benzene rings is 1. The molecule has 0 bridgehead atoms. The fourth-order valence-electron chi connectivity index (χ4n) is 3.28. The molecule has 4 nitrogen and oxygen atoms in total. The second-order valence-corrected chi connectivity index (χ2v) is 6.14. The molecule has 21 heavy (non-hydrogen) atoms. The van der Waals surface area contributed by atoms with Crippen LogP contribution in [0.1, 0.15) is 31.9 Å². The number of hydrogen-bond donors (Lipinski definition) is 1. The van der Waals surface area contributed by atoms with Crippen molar-refractivity contribution in [1.29, 1.82) is 0 Å². The Morgan fingerprint density at radius 3 is 2.48 bits per heavy atom. The molecule has 1 aromatic rings. The van der Waals surface area contributed by atoms with E-state index in [0.717, 1.165) is 31.8 Å². The molecule has 0 aliphatic carbocycles. The van der Waals surface area contributed by atoms with E-state index in [1.54, 1.807) is 7.11 Å². The monoisotopic (exact) mass is 291 g/mol. The summed E-state index contributed by atoms with van der Waals surface area (Å²) in [6, 6.07) is 9.34. The molecule has 1 heterocycles. The Balaban J connectivity index is 2.25. The molecule has 1 fully saturated rings. The van der Waals surface area contributed by atoms with Crippen LogP contribution in [0.3, 0.4) is 0 Å². The number of nitrogens with two attached hydrogens (primary N) is 1. The molecule has 2 N–H and O–H groups in total. The summed E-state index contributed by atoms with van der Waals surface area (Å²) in [7, 11) is 3.89. The summed E-state index contributed by atoms with van der Waals surface area (Å²) in [5.41, 5.74) is 7.75. The molecule has 3 atom stereocenters. The number of methoxy groups -OCH3 is 1. The molecule has 1 aliphatic rings. The fourth-order valence-corrected chi connectivity index (χ4v) is 3.28. The van der Waals surface area contributed by atoms with E-state index in [2.05, 4.69) is 42.8 Å². The molecule has 0 amide bonds. The van der Waals surface area contributed by atoms with Crippen LogP contribution in [0.2, 0.25) is 0 Å². The van der Waals surface area contributed by atoms with E-state index < -0.39 is 0 Å². The van der Waals surface area contributed by atoms with E-state index in [1.807, 2.05) is 12.1 Å². The molecule has 0 spiro atoms. The molecule has 1 aromatic carbocycles. The minimum Gasteiger partial charge on any atom is -0.497 e. The molecule has 0 aromatic heterocycles. The van der Waals surface area contributed by atoms with Gasteiger partial charge < -0.3 is 15.4 Å². The van der Waals surface area contributed by atoms with Crippen LogP contribution in [-0.4, -0.2) is 55.7 Å². The van der Waals surface area contributed by atoms with Crippen molar-refractivity contribution in [2.24, 2.45) is 5.73 Å². The van der Waals surface area contributed by atoms with E-state index >= 15 is 0 Å². The van der Waals surface area contributed by atoms with Crippen molar-refractivity contribution in [2.75, 3.05) is 33.8 Å². The van der Waals surface area contributed by atoms with Crippen LogP contribution in [0.4, 0.5) is 0 Å². The van der Waals surface area contributed by atoms with Crippen LogP contribution in [0.15, 0.2) is 24.3 Å². The number of ether oxygens (including phenoxy) is 1. The Kier molecular flexibility index (Phi) is 5.62. The maximum Gasteiger partial charge on any atom is 0.118 e. The Labute approximate surface area is 128 Å². The van der Waals surface area contributed by atoms with Crippen LogP contribution < -0.4 is 10.5 Å². The quantitative estimate of drug-likeness (QED) is 0.902. The number of hydrogen-bond acceptors (Lipinski definition) is 4. The van der Waals surface area contributed by atoms with Crippen molar-refractivity contribution < 1.29 is 4.74 Å². The molecule has 0 radical (unpaired) electrons. The van der Waals surface area contributed by atoms with E-state index in [1.165, 1.54) is 5.56 Å². The van der Waals surface area contributed by atoms with Gasteiger partial charge >= 0.3 is 0 Å². The van der Waals surface area contributed by atoms with E-state index in [9.17, 15) is 0 Å². The average Bonchev–Trinajstić information content (AvgIpc) is 2.50. The van der Waals surface area contributed by atoms with Gasteiger partial charge in [-0.3, -0.25) is 4.90 Å². The van der Waals surface area contributed by atoms with Gasteiger partial charge in [-0.15, -0.1) is 0 Å². The largest absolute Gasteiger partial charge is 0.497 e. The van der Waals surface area contributed by atoms with Gasteiger partial charge in [-0.25, -0.2) is 0 Å². The molecule has 1 aliphatic heterocycles. The standard InChI is InChI=1S/C17H29N3O/c1-5-16(18)17(14-6-8-15(21-4)9-7-14)20-11-10-19(3)12-13(20)2/h6-9,13,16-17H,5,10-12,18H2,1-4H3. The first-order valence-corrected chi connectivity index (χ1v) is 7.90. The normalized spacial score (nSPS) is 23.8. The fraction of sp³-hybridized carbons (Fsp3) is 0.647. The minimum absolute atomic E-state index is 0.157. The topological polar surface area (TPSA) is 41.7 Å². The van der Waals surface area contributed by atoms with Gasteiger partial charge in [0.15, 0.2) is 0 Å². The highest BCUT2D eigenvalue weighted by Gasteiger charge is 2.32. The number of likely N-dealkylation sites (N-methyl/N-ethyl adjacent to an activating group) is 1. The summed E-state index contributed by atoms with van der Waals surface area (Å²) in [5, 5.41) is 0. The lowest BCUT2D eigenvalue weighted by atomic mass is 9.94. The lowest BCUT2D eigenvalue weighted by Crippen LogP contribution is -2.54. The third kappa shape index (κ3) is 3.76. The molecular weight excluding hydrogens is 262 g/mol. The Bertz CT molecular complexity index is 434. The molecule has 3 unspecified atom stereocenters. The van der Waals surface area contributed by atoms with Gasteiger partial charge in [-0.2, -0.15) is 0 Å². The van der Waals surface area contributed by atoms with Gasteiger partial charge in [0.25, 0.3) is 0 Å². The molecular formula is C17H29N3O. The van der Waals surface area contributed by atoms with Gasteiger partial charge in [0, 0.05) is 31.7 Å². The van der Waals surface area contributed by atoms with Gasteiger partial charge in [-0.1, -0.05) is 19.1 Å². The highest BCUT2D eigenvalue weighted by Crippen LogP contribution is 2.29. The second kappa shape index (κ2) is 7.25. The summed E-state index contributed by atoms with van der Waals surface area (Å²) in [6.07, 6.45) is 0.982. The molecule has 0 saturated carbocycles. The Hall–Kier alpha value is -1.10. The number of rotatable bonds is 5. The van der Waals surface area contributed by atoms with E-state index in [0.29, 0.717) is 6.04 Å². The van der Waals surface area contributed by atoms with Crippen molar-refractivity contribution in [3.8, 4) is 5.75 Å². The third-order valence-corrected chi connectivity index (χ3v) is 4.57. The molecule has 4 heteroatoms. The first-order valence-electron chi connectivity index (χ1n) is 7.90. The number of piperazine rings is 1. The minimum atomic E-state index is 0.157. The van der Waals surface area contributed by atoms with Crippen molar-refractivity contribution >= 4 is 0 Å². The van der Waals surface area contributed by atoms with Crippen LogP contribution in [0.5, 0.6) is 5.75 Å². The Morgan fingerprint density at radius 2 is 1.95 bits per heavy atom. The van der Waals surface area contributed by atoms with Crippen molar-refractivity contribution in [3.05, 3.63) is 29.8 Å². The lowest BCUT2D eigenvalue weighted by molar-refractivity contribution is 0.0492. The summed E-state index contributed by atoms with van der Waals surface area (Å²) < 4.78 is 5.26. The zero-order valence-electron chi connectivity index (χ0n) is 13.7. The van der Waals surface area contributed by atoms with Crippen molar-refractivity contribution in [2.45, 2.75) is 38.4 Å². The SMILES string of the molecule is CCC(N)C(c1ccc(OC)cc1)N1CCN(C)CC1C. The van der Waals surface area contributed by atoms with E-state index in [-0.39, 0.29) is 12.1 Å². The number of nitrogens with zero attached hydrogens (tertiary/aromatic N) is 2. The van der Waals surface area contributed by atoms with Crippen molar-refractivity contribution in [3.63, 3.8) is 0 Å². The predicted octanol–water partition coefficient (Wildman–Crippen LogP) is 2.11. The lowest BCUT2D eigenvalue weighted by Gasteiger charge is -2.45. The summed E-state index contributed by atoms with van der Waals surface area (Å²) in [6.45, 7) is 7.75. The predicted molar refractivity (Wildman–Crippen MR) is 87.7 cm³/mol. The first-order chi connectivity index (χ1) is 10.1. The summed E-state index contributed by atoms with van der Waals surface area (Å²) in [4.78, 5) is 4.96. The Morgan fingerprint density at radius 1 is 1.29 bits per heavy atom. The highest BCUT2D eigenvalue weighted by molar-refractivity contribution is 5.30.